The van der Waals surface area contributed by atoms with Gasteiger partial charge in [-0.05, 0) is 238 Å². The zero-order chi connectivity index (χ0) is 149. The maximum Gasteiger partial charge on any atom is 0.0651 e. The van der Waals surface area contributed by atoms with E-state index < -0.39 is 270 Å². The Kier molecular flexibility index (Phi) is 11.3. The molecule has 148 heavy (non-hydrogen) atoms. The summed E-state index contributed by atoms with van der Waals surface area (Å²) in [6.07, 6.45) is 0. The molecule has 0 aliphatic carbocycles. The molecule has 0 atom stereocenters. The van der Waals surface area contributed by atoms with E-state index in [2.05, 4.69) is 16.7 Å². The lowest BCUT2D eigenvalue weighted by Gasteiger charge is -2.19. The normalized spacial score (nSPS) is 17.5. The fraction of sp³-hybridized carbons (Fsp3) is 0.0571. The molecular formula is C140H104N8. The molecule has 0 aliphatic rings. The zero-order valence-electron chi connectivity index (χ0n) is 137. The lowest BCUT2D eigenvalue weighted by Crippen LogP contribution is -2.10. The van der Waals surface area contributed by atoms with Crippen LogP contribution in [0.2, 0.25) is 0 Å². The fourth-order valence-corrected chi connectivity index (χ4v) is 19.4. The molecule has 8 nitrogen and oxygen atoms in total. The Morgan fingerprint density at radius 2 is 0.358 bits per heavy atom. The van der Waals surface area contributed by atoms with Gasteiger partial charge >= 0.3 is 0 Å². The van der Waals surface area contributed by atoms with Crippen LogP contribution in [0, 0.1) is 0 Å². The smallest absolute Gasteiger partial charge is 0.0651 e. The van der Waals surface area contributed by atoms with Crippen molar-refractivity contribution in [1.29, 1.82) is 0 Å². The molecule has 0 amide bonds. The molecule has 0 unspecified atom stereocenters. The fourth-order valence-electron chi connectivity index (χ4n) is 19.4. The Labute approximate surface area is 939 Å². The third kappa shape index (κ3) is 14.9. The van der Waals surface area contributed by atoms with E-state index >= 15 is 0 Å². The molecule has 0 radical (unpaired) electrons. The van der Waals surface area contributed by atoms with Crippen molar-refractivity contribution in [3.63, 3.8) is 0 Å². The quantitative estimate of drug-likeness (QED) is 0.131. The summed E-state index contributed by atoms with van der Waals surface area (Å²) in [4.78, 5) is 0. The molecular weight excluding hydrogens is 1790 g/mol. The molecule has 8 aromatic heterocycles. The number of hydrogen-bond donors (Lipinski definition) is 0. The monoisotopic (exact) mass is 1960 g/mol. The Morgan fingerprint density at radius 1 is 0.142 bits per heavy atom. The zero-order valence-corrected chi connectivity index (χ0v) is 78.7. The van der Waals surface area contributed by atoms with Crippen molar-refractivity contribution in [2.75, 3.05) is 0 Å². The van der Waals surface area contributed by atoms with E-state index in [9.17, 15) is 8.22 Å². The van der Waals surface area contributed by atoms with Crippen molar-refractivity contribution in [3.8, 4) is 67.8 Å². The number of rotatable bonds is 10. The van der Waals surface area contributed by atoms with Crippen molar-refractivity contribution < 1.29 is 79.5 Å². The van der Waals surface area contributed by atoms with E-state index in [-0.39, 0.29) is 255 Å². The van der Waals surface area contributed by atoms with Crippen LogP contribution < -0.4 is 0 Å². The summed E-state index contributed by atoms with van der Waals surface area (Å²) in [5.41, 5.74) is 1.68. The van der Waals surface area contributed by atoms with Gasteiger partial charge in [-0.3, -0.25) is 0 Å². The van der Waals surface area contributed by atoms with Gasteiger partial charge in [-0.2, -0.15) is 0 Å². The number of hydrogen-bond acceptors (Lipinski definition) is 0. The predicted molar refractivity (Wildman–Crippen MR) is 629 cm³/mol. The van der Waals surface area contributed by atoms with Gasteiger partial charge in [0.1, 0.15) is 0 Å². The number of nitrogens with zero attached hydrogens (tertiary/aromatic N) is 8. The highest BCUT2D eigenvalue weighted by atomic mass is 15.0. The minimum absolute atomic E-state index is 0.0590. The van der Waals surface area contributed by atoms with Crippen LogP contribution in [-0.4, -0.2) is 36.5 Å². The van der Waals surface area contributed by atoms with Crippen molar-refractivity contribution in [3.05, 3.63) is 531 Å². The standard InChI is InChI=1S/C44H40N2.C36H24N2.2C30H20N2/c1-43(2,3)31-21-23-41-37(27-31)35-17-7-9-19-39(35)45(41)33-15-11-13-29(25-33)30-14-12-16-34(26-30)46-40-20-10-8-18-36(40)38-28-32(44(4,5)6)22-24-42(38)46;1-5-19-33-29(15-1)30-16-2-6-20-34(30)37(33)27-13-9-11-25(23-27)26-12-10-14-28(24-26)38-35-21-7-3-17-31(35)32-18-4-8-22-36(32)38;2*1-5-16-27-23(12-1)24-13-2-6-17-28(24)31(27)21-10-9-11-22(20-21)32-29-18-7-3-14-25(29)26-15-4-8-19-30(26)32/h7-28H,1-6H3;1-24H;2*1-20H/i7D,8D,9D,10D,17D,18D,19D,20D,21D,22D,23D,24D,27D,28D;1D,2D,3D,4D,5D,6D,7D,8D,9D,10D,11D,12D,13D,14D,15D,16D,17D,18D,19D,20D,21D,22D,23D,24D;1D,2D,3D,4D,5D,6D,7D,8D,12D,13D,14D,15D;1D,2D,5D,6D,12D,13D,16D,17D. The van der Waals surface area contributed by atoms with Crippen LogP contribution in [0.4, 0.5) is 0 Å². The Hall–Kier alpha value is -18.8. The van der Waals surface area contributed by atoms with Crippen LogP contribution in [0.5, 0.6) is 0 Å². The van der Waals surface area contributed by atoms with Gasteiger partial charge < -0.3 is 36.5 Å². The minimum atomic E-state index is -1.02. The van der Waals surface area contributed by atoms with Crippen molar-refractivity contribution in [1.82, 2.24) is 36.5 Å². The van der Waals surface area contributed by atoms with Gasteiger partial charge in [0.2, 0.25) is 0 Å². The highest BCUT2D eigenvalue weighted by Crippen LogP contribution is 2.45. The van der Waals surface area contributed by atoms with E-state index in [0.717, 1.165) is 36.6 Å². The maximum absolute atomic E-state index is 9.57. The van der Waals surface area contributed by atoms with Crippen LogP contribution in [-0.2, 0) is 10.8 Å². The van der Waals surface area contributed by atoms with Gasteiger partial charge in [0.15, 0.2) is 0 Å². The molecule has 8 heteroatoms. The lowest BCUT2D eigenvalue weighted by molar-refractivity contribution is 0.591. The van der Waals surface area contributed by atoms with Crippen LogP contribution >= 0.6 is 0 Å². The van der Waals surface area contributed by atoms with Crippen molar-refractivity contribution >= 4 is 174 Å². The topological polar surface area (TPSA) is 39.4 Å². The molecule has 0 fully saturated rings. The molecule has 0 aliphatic heterocycles. The summed E-state index contributed by atoms with van der Waals surface area (Å²) < 4.78 is 517. The summed E-state index contributed by atoms with van der Waals surface area (Å²) >= 11 is 0. The third-order valence-electron chi connectivity index (χ3n) is 26.0. The maximum atomic E-state index is 9.57. The first-order valence-electron chi connectivity index (χ1n) is 75.6. The average molecular weight is 1960 g/mol. The van der Waals surface area contributed by atoms with E-state index in [1.54, 1.807) is 75.9 Å². The van der Waals surface area contributed by atoms with E-state index in [1.807, 2.05) is 108 Å². The second kappa shape index (κ2) is 35.7. The molecule has 22 aromatic carbocycles. The molecule has 0 spiro atoms. The van der Waals surface area contributed by atoms with Gasteiger partial charge in [0.25, 0.3) is 0 Å². The second-order valence-corrected chi connectivity index (χ2v) is 36.7. The highest BCUT2D eigenvalue weighted by Gasteiger charge is 2.26. The van der Waals surface area contributed by atoms with E-state index in [4.69, 9.17) is 71.3 Å². The highest BCUT2D eigenvalue weighted by molar-refractivity contribution is 6.17. The van der Waals surface area contributed by atoms with Gasteiger partial charge in [0, 0.05) is 132 Å². The largest absolute Gasteiger partial charge is 0.309 e. The van der Waals surface area contributed by atoms with Crippen molar-refractivity contribution in [2.45, 2.75) is 52.4 Å². The molecule has 0 N–H and O–H groups in total. The Bertz CT molecular complexity index is 13300. The minimum Gasteiger partial charge on any atom is -0.309 e. The van der Waals surface area contributed by atoms with Crippen LogP contribution in [0.25, 0.3) is 242 Å². The van der Waals surface area contributed by atoms with Gasteiger partial charge in [-0.15, -0.1) is 0 Å². The first-order valence-corrected chi connectivity index (χ1v) is 46.6. The summed E-state index contributed by atoms with van der Waals surface area (Å²) in [7, 11) is 0. The number of para-hydroxylation sites is 14. The number of fused-ring (bicyclic) bond motifs is 24. The SMILES string of the molecule is [2H]c1c([2H])c(-c2c([2H])c([2H])c([2H])c(-n3c4c([2H])c([2H])c([2H])c([2H])c4c4c([2H])c([2H])c([2H])c([2H])c43)c2[2H])c([2H])c(-n2c3c([2H])c([2H])c([2H])c([2H])c3c3c([2H])c([2H])c([2H])c([2H])c32)c1[2H].[2H]c1c([2H])c([2H])c2c(c1[2H])c1c([2H])c(C(C)(C)C)c([2H])c([2H])c1n2-c1cccc(-c2cccc(-n3c4c([2H])c([2H])c([2H])c([2H])c4c4c([2H])c(C(C)(C)C)c([2H])c([2H])c43)c2)c1.[2H]c1c([2H])c([2H])c2c(c1[2H])c1c([2H])c([2H])c([2H])c([2H])c1n2-c1cccc(-n2c3ccccc3c3ccccc32)c1.[2H]c1cc2c(c([2H])c1[2H])c1c([2H])c([2H])c([2H])cc1n2-c1cccc(-n2c3cc([2H])c([2H])c([2H])c3c3c([2H])c([2H])c([2H])cc32)c1. The molecule has 8 heterocycles. The first-order chi connectivity index (χ1) is 96.8. The van der Waals surface area contributed by atoms with Crippen LogP contribution in [0.3, 0.4) is 0 Å². The molecule has 0 saturated heterocycles. The molecule has 704 valence electrons. The van der Waals surface area contributed by atoms with Crippen LogP contribution in [0.15, 0.2) is 520 Å². The van der Waals surface area contributed by atoms with Crippen LogP contribution in [0.1, 0.15) is 132 Å². The molecule has 0 bridgehead atoms. The predicted octanol–water partition coefficient (Wildman–Crippen LogP) is 37.5. The van der Waals surface area contributed by atoms with E-state index in [0.29, 0.717) is 61.6 Å². The lowest BCUT2D eigenvalue weighted by atomic mass is 9.86. The molecule has 30 rings (SSSR count). The molecule has 0 saturated carbocycles. The van der Waals surface area contributed by atoms with Gasteiger partial charge in [-0.1, -0.05) is 368 Å². The van der Waals surface area contributed by atoms with Gasteiger partial charge in [-0.25, -0.2) is 0 Å². The van der Waals surface area contributed by atoms with E-state index in [1.165, 1.54) is 38.0 Å². The number of aromatic nitrogens is 8. The Balaban J connectivity index is 0.000000126. The average Bonchev–Trinajstić information content (AvgIpc) is 1.53. The number of benzene rings is 22. The summed E-state index contributed by atoms with van der Waals surface area (Å²) in [6, 6.07) is 18.6. The van der Waals surface area contributed by atoms with Crippen molar-refractivity contribution in [2.24, 2.45) is 0 Å². The summed E-state index contributed by atoms with van der Waals surface area (Å²) in [5.74, 6) is 0. The third-order valence-corrected chi connectivity index (χ3v) is 26.0. The molecule has 30 aromatic rings. The summed E-state index contributed by atoms with van der Waals surface area (Å²) in [6.45, 7) is 11.0. The first kappa shape index (κ1) is 46.7. The summed E-state index contributed by atoms with van der Waals surface area (Å²) in [5, 5.41) is 1.81. The van der Waals surface area contributed by atoms with Gasteiger partial charge in [0.05, 0.1) is 168 Å². The second-order valence-electron chi connectivity index (χ2n) is 36.7. The Morgan fingerprint density at radius 3 is 0.642 bits per heavy atom.